The van der Waals surface area contributed by atoms with Gasteiger partial charge in [0.2, 0.25) is 5.79 Å². The lowest BCUT2D eigenvalue weighted by Crippen LogP contribution is -2.62. The van der Waals surface area contributed by atoms with Gasteiger partial charge in [0.15, 0.2) is 12.4 Å². The molecule has 0 saturated carbocycles. The molecule has 12 nitrogen and oxygen atoms in total. The van der Waals surface area contributed by atoms with Gasteiger partial charge in [0.25, 0.3) is 0 Å². The minimum atomic E-state index is -2.46. The first-order chi connectivity index (χ1) is 11.2. The lowest BCUT2D eigenvalue weighted by molar-refractivity contribution is -0.382. The highest BCUT2D eigenvalue weighted by molar-refractivity contribution is 5.73. The van der Waals surface area contributed by atoms with Gasteiger partial charge in [-0.2, -0.15) is 0 Å². The summed E-state index contributed by atoms with van der Waals surface area (Å²) in [6.07, 6.45) is -14.3. The van der Waals surface area contributed by atoms with Gasteiger partial charge in [-0.1, -0.05) is 0 Å². The zero-order valence-electron chi connectivity index (χ0n) is 12.2. The Morgan fingerprint density at radius 3 is 2.08 bits per heavy atom. The number of hydrogen-bond donors (Lipinski definition) is 8. The SMILES string of the molecule is O=C(O)[C@H]1O[C@@](CO)(O[C@H]2O[C@H](CO)[C@@H](O)[C@H](O)[C@H]2O)[C@@H](O)[C@@H]1O. The Morgan fingerprint density at radius 2 is 1.62 bits per heavy atom. The summed E-state index contributed by atoms with van der Waals surface area (Å²) in [5.41, 5.74) is 0. The van der Waals surface area contributed by atoms with Crippen molar-refractivity contribution in [1.29, 1.82) is 0 Å². The second-order valence-electron chi connectivity index (χ2n) is 5.60. The number of hydrogen-bond acceptors (Lipinski definition) is 11. The third-order valence-corrected chi connectivity index (χ3v) is 4.04. The number of aliphatic hydroxyl groups excluding tert-OH is 7. The summed E-state index contributed by atoms with van der Waals surface area (Å²) in [7, 11) is 0. The second-order valence-corrected chi connectivity index (χ2v) is 5.60. The maximum Gasteiger partial charge on any atom is 0.335 e. The highest BCUT2D eigenvalue weighted by Crippen LogP contribution is 2.36. The molecule has 2 aliphatic rings. The number of aliphatic hydroxyl groups is 7. The first-order valence-corrected chi connectivity index (χ1v) is 7.04. The van der Waals surface area contributed by atoms with Crippen LogP contribution in [0.3, 0.4) is 0 Å². The molecule has 0 aromatic carbocycles. The third kappa shape index (κ3) is 3.13. The molecule has 0 bridgehead atoms. The minimum Gasteiger partial charge on any atom is -0.479 e. The molecule has 2 fully saturated rings. The van der Waals surface area contributed by atoms with Crippen molar-refractivity contribution in [3.63, 3.8) is 0 Å². The van der Waals surface area contributed by atoms with Gasteiger partial charge < -0.3 is 55.1 Å². The first-order valence-electron chi connectivity index (χ1n) is 7.04. The summed E-state index contributed by atoms with van der Waals surface area (Å²) >= 11 is 0. The fourth-order valence-corrected chi connectivity index (χ4v) is 2.60. The van der Waals surface area contributed by atoms with E-state index in [-0.39, 0.29) is 0 Å². The number of aliphatic carboxylic acids is 1. The average Bonchev–Trinajstić information content (AvgIpc) is 2.81. The summed E-state index contributed by atoms with van der Waals surface area (Å²) in [6, 6.07) is 0. The van der Waals surface area contributed by atoms with Crippen LogP contribution in [0.2, 0.25) is 0 Å². The highest BCUT2D eigenvalue weighted by Gasteiger charge is 2.60. The number of carboxylic acid groups (broad SMARTS) is 1. The molecule has 24 heavy (non-hydrogen) atoms. The topological polar surface area (TPSA) is 207 Å². The lowest BCUT2D eigenvalue weighted by Gasteiger charge is -2.43. The van der Waals surface area contributed by atoms with Crippen molar-refractivity contribution in [2.45, 2.75) is 54.8 Å². The zero-order chi connectivity index (χ0) is 18.2. The molecule has 8 N–H and O–H groups in total. The van der Waals surface area contributed by atoms with Crippen molar-refractivity contribution in [1.82, 2.24) is 0 Å². The van der Waals surface area contributed by atoms with Gasteiger partial charge in [0.05, 0.1) is 6.61 Å². The van der Waals surface area contributed by atoms with E-state index in [0.717, 1.165) is 0 Å². The first kappa shape index (κ1) is 19.4. The van der Waals surface area contributed by atoms with E-state index in [0.29, 0.717) is 0 Å². The van der Waals surface area contributed by atoms with E-state index in [1.54, 1.807) is 0 Å². The molecule has 0 unspecified atom stereocenters. The van der Waals surface area contributed by atoms with E-state index >= 15 is 0 Å². The summed E-state index contributed by atoms with van der Waals surface area (Å²) in [5.74, 6) is -4.09. The molecule has 0 aliphatic carbocycles. The number of rotatable bonds is 5. The Hall–Kier alpha value is -0.930. The van der Waals surface area contributed by atoms with Gasteiger partial charge in [-0.05, 0) is 0 Å². The molecule has 2 heterocycles. The second kappa shape index (κ2) is 7.13. The van der Waals surface area contributed by atoms with Crippen molar-refractivity contribution >= 4 is 5.97 Å². The van der Waals surface area contributed by atoms with Crippen molar-refractivity contribution in [2.75, 3.05) is 13.2 Å². The Kier molecular flexibility index (Phi) is 5.76. The average molecular weight is 356 g/mol. The fraction of sp³-hybridized carbons (Fsp3) is 0.917. The minimum absolute atomic E-state index is 0.749. The lowest BCUT2D eigenvalue weighted by atomic mass is 9.99. The summed E-state index contributed by atoms with van der Waals surface area (Å²) in [4.78, 5) is 11.0. The quantitative estimate of drug-likeness (QED) is 0.232. The van der Waals surface area contributed by atoms with Crippen LogP contribution in [0, 0.1) is 0 Å². The Balaban J connectivity index is 2.21. The van der Waals surface area contributed by atoms with E-state index in [1.165, 1.54) is 0 Å². The van der Waals surface area contributed by atoms with Gasteiger partial charge in [-0.3, -0.25) is 0 Å². The molecule has 0 spiro atoms. The van der Waals surface area contributed by atoms with Crippen LogP contribution in [0.5, 0.6) is 0 Å². The molecule has 9 atom stereocenters. The van der Waals surface area contributed by atoms with Crippen LogP contribution in [0.1, 0.15) is 0 Å². The molecule has 0 amide bonds. The van der Waals surface area contributed by atoms with Crippen LogP contribution in [0.15, 0.2) is 0 Å². The molecule has 12 heteroatoms. The van der Waals surface area contributed by atoms with Gasteiger partial charge >= 0.3 is 5.97 Å². The van der Waals surface area contributed by atoms with Crippen molar-refractivity contribution in [3.05, 3.63) is 0 Å². The molecule has 0 aromatic rings. The van der Waals surface area contributed by atoms with Crippen LogP contribution in [0.4, 0.5) is 0 Å². The molecule has 0 aromatic heterocycles. The maximum absolute atomic E-state index is 11.0. The van der Waals surface area contributed by atoms with Crippen LogP contribution >= 0.6 is 0 Å². The fourth-order valence-electron chi connectivity index (χ4n) is 2.60. The number of carbonyl (C=O) groups is 1. The largest absolute Gasteiger partial charge is 0.479 e. The van der Waals surface area contributed by atoms with E-state index in [2.05, 4.69) is 0 Å². The smallest absolute Gasteiger partial charge is 0.335 e. The van der Waals surface area contributed by atoms with Crippen LogP contribution < -0.4 is 0 Å². The van der Waals surface area contributed by atoms with Gasteiger partial charge in [0.1, 0.15) is 43.2 Å². The van der Waals surface area contributed by atoms with E-state index in [9.17, 15) is 35.4 Å². The predicted molar refractivity (Wildman–Crippen MR) is 69.2 cm³/mol. The molecular formula is C12H20O12. The standard InChI is InChI=1S/C12H20O12/c13-1-3-4(15)5(16)6(17)11(22-3)24-12(2-14)9(19)7(18)8(23-12)10(20)21/h3-9,11,13-19H,1-2H2,(H,20,21)/t3-,4-,5+,6-,7-,8+,9+,11-,12+/m1/s1. The Labute approximate surface area is 135 Å². The highest BCUT2D eigenvalue weighted by atomic mass is 16.8. The third-order valence-electron chi connectivity index (χ3n) is 4.04. The van der Waals surface area contributed by atoms with Gasteiger partial charge in [-0.25, -0.2) is 4.79 Å². The molecule has 0 radical (unpaired) electrons. The summed E-state index contributed by atoms with van der Waals surface area (Å²) in [5, 5.41) is 76.4. The van der Waals surface area contributed by atoms with E-state index in [1.807, 2.05) is 0 Å². The summed E-state index contributed by atoms with van der Waals surface area (Å²) < 4.78 is 15.0. The number of carboxylic acids is 1. The van der Waals surface area contributed by atoms with Crippen molar-refractivity contribution in [3.8, 4) is 0 Å². The summed E-state index contributed by atoms with van der Waals surface area (Å²) in [6.45, 7) is -1.87. The van der Waals surface area contributed by atoms with Gasteiger partial charge in [-0.15, -0.1) is 0 Å². The normalized spacial score (nSPS) is 49.3. The molecular weight excluding hydrogens is 336 g/mol. The predicted octanol–water partition coefficient (Wildman–Crippen LogP) is -5.30. The van der Waals surface area contributed by atoms with E-state index < -0.39 is 74.0 Å². The van der Waals surface area contributed by atoms with Crippen LogP contribution in [-0.4, -0.2) is 115 Å². The molecule has 2 saturated heterocycles. The van der Waals surface area contributed by atoms with E-state index in [4.69, 9.17) is 24.4 Å². The Bertz CT molecular complexity index is 457. The monoisotopic (exact) mass is 356 g/mol. The molecule has 2 rings (SSSR count). The maximum atomic E-state index is 11.0. The number of ether oxygens (including phenoxy) is 3. The van der Waals surface area contributed by atoms with Gasteiger partial charge in [0, 0.05) is 0 Å². The van der Waals surface area contributed by atoms with Crippen LogP contribution in [-0.2, 0) is 19.0 Å². The molecule has 2 aliphatic heterocycles. The molecule has 140 valence electrons. The van der Waals surface area contributed by atoms with Crippen LogP contribution in [0.25, 0.3) is 0 Å². The Morgan fingerprint density at radius 1 is 1.00 bits per heavy atom. The van der Waals surface area contributed by atoms with Crippen molar-refractivity contribution in [2.24, 2.45) is 0 Å². The van der Waals surface area contributed by atoms with Crippen molar-refractivity contribution < 1.29 is 59.9 Å². The zero-order valence-corrected chi connectivity index (χ0v) is 12.2.